The molecule has 0 spiro atoms. The van der Waals surface area contributed by atoms with Crippen molar-refractivity contribution in [1.29, 1.82) is 5.26 Å². The van der Waals surface area contributed by atoms with Crippen LogP contribution in [0.2, 0.25) is 0 Å². The first-order valence-electron chi connectivity index (χ1n) is 11.1. The van der Waals surface area contributed by atoms with Crippen LogP contribution in [0, 0.1) is 11.3 Å². The highest BCUT2D eigenvalue weighted by Crippen LogP contribution is 2.37. The monoisotopic (exact) mass is 475 g/mol. The van der Waals surface area contributed by atoms with Crippen LogP contribution in [0.25, 0.3) is 0 Å². The van der Waals surface area contributed by atoms with Crippen LogP contribution in [0.5, 0.6) is 0 Å². The molecule has 0 saturated carbocycles. The molecule has 34 heavy (non-hydrogen) atoms. The zero-order chi connectivity index (χ0) is 23.9. The van der Waals surface area contributed by atoms with Crippen LogP contribution < -0.4 is 5.32 Å². The highest BCUT2D eigenvalue weighted by molar-refractivity contribution is 7.16. The standard InChI is InChI=1S/C25H25N5O3S/c1-17(21-4-2-3-9-28-21)14-23(31)29-24-20(15-26)19-7-12-30(16-22(19)34-24)25(32)33-13-8-18-5-10-27-11-6-18/h2-6,9-11,17H,7-8,12-14,16H2,1H3,(H,29,31). The Bertz CT molecular complexity index is 1190. The van der Waals surface area contributed by atoms with Crippen LogP contribution in [-0.2, 0) is 28.9 Å². The second-order valence-corrected chi connectivity index (χ2v) is 9.22. The molecule has 3 aromatic rings. The Morgan fingerprint density at radius 3 is 2.82 bits per heavy atom. The van der Waals surface area contributed by atoms with Crippen molar-refractivity contribution in [3.63, 3.8) is 0 Å². The third-order valence-corrected chi connectivity index (χ3v) is 6.86. The number of rotatable bonds is 7. The fraction of sp³-hybridized carbons (Fsp3) is 0.320. The van der Waals surface area contributed by atoms with Crippen LogP contribution in [0.1, 0.15) is 46.5 Å². The van der Waals surface area contributed by atoms with Gasteiger partial charge in [-0.2, -0.15) is 5.26 Å². The first-order valence-corrected chi connectivity index (χ1v) is 11.9. The van der Waals surface area contributed by atoms with Gasteiger partial charge in [-0.05, 0) is 41.8 Å². The van der Waals surface area contributed by atoms with Crippen molar-refractivity contribution in [3.05, 3.63) is 76.2 Å². The predicted octanol–water partition coefficient (Wildman–Crippen LogP) is 4.28. The molecule has 174 valence electrons. The largest absolute Gasteiger partial charge is 0.449 e. The van der Waals surface area contributed by atoms with Crippen molar-refractivity contribution in [2.24, 2.45) is 0 Å². The van der Waals surface area contributed by atoms with Crippen molar-refractivity contribution in [1.82, 2.24) is 14.9 Å². The molecule has 0 radical (unpaired) electrons. The lowest BCUT2D eigenvalue weighted by Gasteiger charge is -2.26. The number of nitrogens with zero attached hydrogens (tertiary/aromatic N) is 4. The number of hydrogen-bond acceptors (Lipinski definition) is 7. The van der Waals surface area contributed by atoms with Crippen LogP contribution in [0.4, 0.5) is 9.80 Å². The summed E-state index contributed by atoms with van der Waals surface area (Å²) in [5, 5.41) is 13.2. The first-order chi connectivity index (χ1) is 16.5. The quantitative estimate of drug-likeness (QED) is 0.546. The Labute approximate surface area is 202 Å². The van der Waals surface area contributed by atoms with Gasteiger partial charge in [-0.3, -0.25) is 14.8 Å². The maximum atomic E-state index is 12.7. The van der Waals surface area contributed by atoms with E-state index in [0.29, 0.717) is 36.5 Å². The van der Waals surface area contributed by atoms with Crippen molar-refractivity contribution >= 4 is 28.3 Å². The number of anilines is 1. The minimum Gasteiger partial charge on any atom is -0.449 e. The Morgan fingerprint density at radius 2 is 2.09 bits per heavy atom. The normalized spacial score (nSPS) is 13.5. The van der Waals surface area contributed by atoms with Gasteiger partial charge in [0.2, 0.25) is 5.91 Å². The molecule has 1 N–H and O–H groups in total. The van der Waals surface area contributed by atoms with Crippen LogP contribution in [0.3, 0.4) is 0 Å². The maximum Gasteiger partial charge on any atom is 0.410 e. The highest BCUT2D eigenvalue weighted by Gasteiger charge is 2.28. The molecule has 4 heterocycles. The summed E-state index contributed by atoms with van der Waals surface area (Å²) in [4.78, 5) is 36.0. The van der Waals surface area contributed by atoms with Gasteiger partial charge < -0.3 is 15.0 Å². The van der Waals surface area contributed by atoms with E-state index in [1.54, 1.807) is 23.5 Å². The Hall–Kier alpha value is -3.77. The zero-order valence-corrected chi connectivity index (χ0v) is 19.7. The van der Waals surface area contributed by atoms with Gasteiger partial charge in [-0.15, -0.1) is 11.3 Å². The minimum absolute atomic E-state index is 0.0428. The van der Waals surface area contributed by atoms with Crippen LogP contribution >= 0.6 is 11.3 Å². The van der Waals surface area contributed by atoms with E-state index in [0.717, 1.165) is 21.7 Å². The summed E-state index contributed by atoms with van der Waals surface area (Å²) in [6.07, 6.45) is 6.19. The van der Waals surface area contributed by atoms with Gasteiger partial charge in [0, 0.05) is 54.5 Å². The van der Waals surface area contributed by atoms with E-state index in [1.165, 1.54) is 11.3 Å². The lowest BCUT2D eigenvalue weighted by molar-refractivity contribution is -0.116. The number of carbonyl (C=O) groups is 2. The molecule has 1 aliphatic heterocycles. The fourth-order valence-electron chi connectivity index (χ4n) is 3.89. The number of ether oxygens (including phenoxy) is 1. The number of amides is 2. The molecular formula is C25H25N5O3S. The van der Waals surface area contributed by atoms with E-state index in [9.17, 15) is 14.9 Å². The second-order valence-electron chi connectivity index (χ2n) is 8.12. The van der Waals surface area contributed by atoms with Crippen molar-refractivity contribution in [2.45, 2.75) is 38.6 Å². The fourth-order valence-corrected chi connectivity index (χ4v) is 5.12. The molecule has 3 aromatic heterocycles. The molecule has 1 aliphatic rings. The van der Waals surface area contributed by atoms with Crippen molar-refractivity contribution < 1.29 is 14.3 Å². The number of fused-ring (bicyclic) bond motifs is 1. The average molecular weight is 476 g/mol. The van der Waals surface area contributed by atoms with Gasteiger partial charge in [0.25, 0.3) is 0 Å². The lowest BCUT2D eigenvalue weighted by Crippen LogP contribution is -2.36. The molecule has 1 unspecified atom stereocenters. The van der Waals surface area contributed by atoms with Crippen molar-refractivity contribution in [2.75, 3.05) is 18.5 Å². The summed E-state index contributed by atoms with van der Waals surface area (Å²) in [6.45, 7) is 3.07. The number of aromatic nitrogens is 2. The molecule has 9 heteroatoms. The minimum atomic E-state index is -0.374. The van der Waals surface area contributed by atoms with Gasteiger partial charge in [0.05, 0.1) is 18.7 Å². The molecule has 0 saturated heterocycles. The molecule has 4 rings (SSSR count). The van der Waals surface area contributed by atoms with Gasteiger partial charge in [-0.25, -0.2) is 4.79 Å². The topological polar surface area (TPSA) is 108 Å². The summed E-state index contributed by atoms with van der Waals surface area (Å²) in [7, 11) is 0. The summed E-state index contributed by atoms with van der Waals surface area (Å²) in [5.74, 6) is -0.209. The molecule has 0 aliphatic carbocycles. The van der Waals surface area contributed by atoms with E-state index in [1.807, 2.05) is 37.3 Å². The zero-order valence-electron chi connectivity index (χ0n) is 18.9. The highest BCUT2D eigenvalue weighted by atomic mass is 32.1. The Morgan fingerprint density at radius 1 is 1.26 bits per heavy atom. The van der Waals surface area contributed by atoms with E-state index in [4.69, 9.17) is 4.74 Å². The number of carbonyl (C=O) groups excluding carboxylic acids is 2. The Kier molecular flexibility index (Phi) is 7.50. The molecule has 0 bridgehead atoms. The number of pyridine rings is 2. The summed E-state index contributed by atoms with van der Waals surface area (Å²) < 4.78 is 5.44. The number of hydrogen-bond donors (Lipinski definition) is 1. The molecule has 1 atom stereocenters. The number of nitriles is 1. The van der Waals surface area contributed by atoms with Gasteiger partial charge in [0.15, 0.2) is 0 Å². The van der Waals surface area contributed by atoms with Crippen LogP contribution in [-0.4, -0.2) is 40.0 Å². The number of thiophene rings is 1. The molecular weight excluding hydrogens is 450 g/mol. The van der Waals surface area contributed by atoms with Crippen LogP contribution in [0.15, 0.2) is 48.9 Å². The third kappa shape index (κ3) is 5.58. The smallest absolute Gasteiger partial charge is 0.410 e. The van der Waals surface area contributed by atoms with Gasteiger partial charge >= 0.3 is 6.09 Å². The van der Waals surface area contributed by atoms with E-state index >= 15 is 0 Å². The lowest BCUT2D eigenvalue weighted by atomic mass is 10.0. The van der Waals surface area contributed by atoms with Gasteiger partial charge in [0.1, 0.15) is 11.1 Å². The predicted molar refractivity (Wildman–Crippen MR) is 128 cm³/mol. The molecule has 8 nitrogen and oxygen atoms in total. The Balaban J connectivity index is 1.35. The molecule has 2 amide bonds. The molecule has 0 aromatic carbocycles. The van der Waals surface area contributed by atoms with Gasteiger partial charge in [-0.1, -0.05) is 13.0 Å². The third-order valence-electron chi connectivity index (χ3n) is 5.73. The maximum absolute atomic E-state index is 12.7. The van der Waals surface area contributed by atoms with Crippen molar-refractivity contribution in [3.8, 4) is 6.07 Å². The van der Waals surface area contributed by atoms with E-state index < -0.39 is 0 Å². The SMILES string of the molecule is CC(CC(=O)Nc1sc2c(c1C#N)CCN(C(=O)OCCc1ccncc1)C2)c1ccccn1. The summed E-state index contributed by atoms with van der Waals surface area (Å²) in [5.41, 5.74) is 3.30. The van der Waals surface area contributed by atoms with E-state index in [2.05, 4.69) is 21.4 Å². The first kappa shape index (κ1) is 23.4. The average Bonchev–Trinajstić information content (AvgIpc) is 3.20. The number of nitrogens with one attached hydrogen (secondary N) is 1. The summed E-state index contributed by atoms with van der Waals surface area (Å²) in [6, 6.07) is 11.6. The molecule has 0 fully saturated rings. The van der Waals surface area contributed by atoms with E-state index in [-0.39, 0.29) is 30.9 Å². The second kappa shape index (κ2) is 10.9. The summed E-state index contributed by atoms with van der Waals surface area (Å²) >= 11 is 1.35.